The summed E-state index contributed by atoms with van der Waals surface area (Å²) in [5, 5.41) is 3.17. The lowest BCUT2D eigenvalue weighted by Crippen LogP contribution is -2.32. The third-order valence-corrected chi connectivity index (χ3v) is 3.98. The van der Waals surface area contributed by atoms with Crippen LogP contribution in [0.25, 0.3) is 0 Å². The molecule has 0 bridgehead atoms. The van der Waals surface area contributed by atoms with E-state index in [0.717, 1.165) is 17.5 Å². The molecule has 0 aliphatic carbocycles. The van der Waals surface area contributed by atoms with E-state index in [9.17, 15) is 9.59 Å². The Morgan fingerprint density at radius 3 is 2.42 bits per heavy atom. The maximum atomic E-state index is 12.1. The summed E-state index contributed by atoms with van der Waals surface area (Å²) < 4.78 is 5.04. The number of carbonyl (C=O) groups is 2. The van der Waals surface area contributed by atoms with E-state index in [1.807, 2.05) is 38.1 Å². The highest BCUT2D eigenvalue weighted by molar-refractivity contribution is 6.33. The van der Waals surface area contributed by atoms with Crippen LogP contribution in [0.2, 0.25) is 5.02 Å². The van der Waals surface area contributed by atoms with Gasteiger partial charge in [0, 0.05) is 0 Å². The Labute approximate surface area is 146 Å². The number of benzene rings is 2. The molecule has 2 rings (SSSR count). The van der Waals surface area contributed by atoms with Crippen molar-refractivity contribution in [2.24, 2.45) is 0 Å². The van der Waals surface area contributed by atoms with Gasteiger partial charge in [-0.2, -0.15) is 0 Å². The number of nitrogens with one attached hydrogen (secondary N) is 1. The van der Waals surface area contributed by atoms with Gasteiger partial charge in [0.15, 0.2) is 6.61 Å². The van der Waals surface area contributed by atoms with Crippen LogP contribution < -0.4 is 5.32 Å². The zero-order chi connectivity index (χ0) is 17.5. The second-order valence-corrected chi connectivity index (χ2v) is 5.90. The minimum atomic E-state index is -0.612. The van der Waals surface area contributed by atoms with Crippen LogP contribution in [0.1, 0.15) is 40.9 Å². The molecule has 0 spiro atoms. The minimum absolute atomic E-state index is 0.114. The molecule has 0 unspecified atom stereocenters. The molecule has 0 saturated carbocycles. The van der Waals surface area contributed by atoms with Crippen molar-refractivity contribution in [2.45, 2.75) is 26.3 Å². The molecule has 1 N–H and O–H groups in total. The van der Waals surface area contributed by atoms with Crippen LogP contribution in [0.15, 0.2) is 48.5 Å². The molecular weight excluding hydrogens is 326 g/mol. The van der Waals surface area contributed by atoms with Crippen LogP contribution in [0, 0.1) is 6.92 Å². The number of aryl methyl sites for hydroxylation is 1. The van der Waals surface area contributed by atoms with Crippen LogP contribution in [-0.2, 0) is 9.53 Å². The topological polar surface area (TPSA) is 55.4 Å². The Balaban J connectivity index is 1.91. The first kappa shape index (κ1) is 18.0. The summed E-state index contributed by atoms with van der Waals surface area (Å²) in [6, 6.07) is 14.4. The highest BCUT2D eigenvalue weighted by Gasteiger charge is 2.16. The number of halogens is 1. The van der Waals surface area contributed by atoms with Crippen molar-refractivity contribution >= 4 is 23.5 Å². The van der Waals surface area contributed by atoms with E-state index in [0.29, 0.717) is 5.02 Å². The summed E-state index contributed by atoms with van der Waals surface area (Å²) in [7, 11) is 0. The van der Waals surface area contributed by atoms with Gasteiger partial charge in [0.2, 0.25) is 0 Å². The van der Waals surface area contributed by atoms with Gasteiger partial charge < -0.3 is 10.1 Å². The number of carbonyl (C=O) groups excluding carboxylic acids is 2. The Morgan fingerprint density at radius 2 is 1.79 bits per heavy atom. The van der Waals surface area contributed by atoms with Gasteiger partial charge in [-0.05, 0) is 31.0 Å². The van der Waals surface area contributed by atoms with E-state index in [1.54, 1.807) is 24.3 Å². The molecule has 5 heteroatoms. The molecule has 0 radical (unpaired) electrons. The number of hydrogen-bond donors (Lipinski definition) is 1. The fraction of sp³-hybridized carbons (Fsp3) is 0.263. The fourth-order valence-corrected chi connectivity index (χ4v) is 2.50. The number of hydrogen-bond acceptors (Lipinski definition) is 3. The number of esters is 1. The quantitative estimate of drug-likeness (QED) is 0.803. The van der Waals surface area contributed by atoms with Crippen molar-refractivity contribution < 1.29 is 14.3 Å². The van der Waals surface area contributed by atoms with Crippen LogP contribution in [0.5, 0.6) is 0 Å². The predicted octanol–water partition coefficient (Wildman–Crippen LogP) is 4.07. The molecule has 126 valence electrons. The van der Waals surface area contributed by atoms with Gasteiger partial charge in [-0.15, -0.1) is 0 Å². The molecule has 0 aromatic heterocycles. The third kappa shape index (κ3) is 4.83. The molecule has 0 heterocycles. The second-order valence-electron chi connectivity index (χ2n) is 5.50. The van der Waals surface area contributed by atoms with Gasteiger partial charge >= 0.3 is 5.97 Å². The summed E-state index contributed by atoms with van der Waals surface area (Å²) in [5.41, 5.74) is 2.43. The lowest BCUT2D eigenvalue weighted by atomic mass is 10.0. The highest BCUT2D eigenvalue weighted by Crippen LogP contribution is 2.18. The molecule has 24 heavy (non-hydrogen) atoms. The van der Waals surface area contributed by atoms with Gasteiger partial charge in [0.1, 0.15) is 0 Å². The number of amides is 1. The van der Waals surface area contributed by atoms with E-state index in [2.05, 4.69) is 5.32 Å². The smallest absolute Gasteiger partial charge is 0.340 e. The van der Waals surface area contributed by atoms with Crippen molar-refractivity contribution in [3.05, 3.63) is 70.2 Å². The first-order valence-corrected chi connectivity index (χ1v) is 8.16. The zero-order valence-corrected chi connectivity index (χ0v) is 14.5. The summed E-state index contributed by atoms with van der Waals surface area (Å²) >= 11 is 5.93. The fourth-order valence-electron chi connectivity index (χ4n) is 2.29. The van der Waals surface area contributed by atoms with E-state index >= 15 is 0 Å². The van der Waals surface area contributed by atoms with Crippen molar-refractivity contribution in [2.75, 3.05) is 6.61 Å². The number of ether oxygens (including phenoxy) is 1. The lowest BCUT2D eigenvalue weighted by molar-refractivity contribution is -0.125. The van der Waals surface area contributed by atoms with Gasteiger partial charge in [0.05, 0.1) is 16.6 Å². The number of rotatable bonds is 6. The van der Waals surface area contributed by atoms with Gasteiger partial charge in [-0.1, -0.05) is 60.5 Å². The van der Waals surface area contributed by atoms with Crippen LogP contribution in [-0.4, -0.2) is 18.5 Å². The molecule has 4 nitrogen and oxygen atoms in total. The molecule has 0 saturated heterocycles. The molecular formula is C19H20ClNO3. The van der Waals surface area contributed by atoms with Gasteiger partial charge in [-0.25, -0.2) is 4.79 Å². The first-order valence-electron chi connectivity index (χ1n) is 7.79. The summed E-state index contributed by atoms with van der Waals surface area (Å²) in [6.07, 6.45) is 0.743. The van der Waals surface area contributed by atoms with Crippen LogP contribution >= 0.6 is 11.6 Å². The minimum Gasteiger partial charge on any atom is -0.452 e. The largest absolute Gasteiger partial charge is 0.452 e. The monoisotopic (exact) mass is 345 g/mol. The lowest BCUT2D eigenvalue weighted by Gasteiger charge is -2.17. The average molecular weight is 346 g/mol. The summed E-state index contributed by atoms with van der Waals surface area (Å²) in [6.45, 7) is 3.66. The molecule has 1 amide bonds. The van der Waals surface area contributed by atoms with E-state index in [-0.39, 0.29) is 24.1 Å². The Hall–Kier alpha value is -2.33. The van der Waals surface area contributed by atoms with E-state index in [4.69, 9.17) is 16.3 Å². The normalized spacial score (nSPS) is 11.6. The zero-order valence-electron chi connectivity index (χ0n) is 13.7. The third-order valence-electron chi connectivity index (χ3n) is 3.65. The first-order chi connectivity index (χ1) is 11.5. The molecule has 2 aromatic carbocycles. The van der Waals surface area contributed by atoms with Crippen molar-refractivity contribution in [1.82, 2.24) is 5.32 Å². The van der Waals surface area contributed by atoms with Gasteiger partial charge in [0.25, 0.3) is 5.91 Å². The second kappa shape index (κ2) is 8.50. The Kier molecular flexibility index (Phi) is 6.38. The summed E-state index contributed by atoms with van der Waals surface area (Å²) in [4.78, 5) is 24.0. The van der Waals surface area contributed by atoms with Crippen molar-refractivity contribution in [3.8, 4) is 0 Å². The molecule has 0 fully saturated rings. The molecule has 2 aromatic rings. The van der Waals surface area contributed by atoms with E-state index in [1.165, 1.54) is 0 Å². The van der Waals surface area contributed by atoms with Crippen LogP contribution in [0.3, 0.4) is 0 Å². The molecule has 1 atom stereocenters. The standard InChI is InChI=1S/C19H20ClNO3/c1-3-17(14-10-8-13(2)9-11-14)21-18(22)12-24-19(23)15-6-4-5-7-16(15)20/h4-11,17H,3,12H2,1-2H3,(H,21,22)/t17-/m0/s1. The van der Waals surface area contributed by atoms with Crippen LogP contribution in [0.4, 0.5) is 0 Å². The summed E-state index contributed by atoms with van der Waals surface area (Å²) in [5.74, 6) is -0.957. The Morgan fingerprint density at radius 1 is 1.12 bits per heavy atom. The SMILES string of the molecule is CC[C@H](NC(=O)COC(=O)c1ccccc1Cl)c1ccc(C)cc1. The molecule has 0 aliphatic heterocycles. The predicted molar refractivity (Wildman–Crippen MR) is 94.1 cm³/mol. The van der Waals surface area contributed by atoms with Crippen molar-refractivity contribution in [1.29, 1.82) is 0 Å². The van der Waals surface area contributed by atoms with Gasteiger partial charge in [-0.3, -0.25) is 4.79 Å². The molecule has 0 aliphatic rings. The Bertz CT molecular complexity index is 713. The van der Waals surface area contributed by atoms with E-state index < -0.39 is 5.97 Å². The highest BCUT2D eigenvalue weighted by atomic mass is 35.5. The maximum absolute atomic E-state index is 12.1. The maximum Gasteiger partial charge on any atom is 0.340 e. The van der Waals surface area contributed by atoms with Crippen molar-refractivity contribution in [3.63, 3.8) is 0 Å². The average Bonchev–Trinajstić information content (AvgIpc) is 2.59.